The lowest BCUT2D eigenvalue weighted by Gasteiger charge is -2.15. The van der Waals surface area contributed by atoms with Gasteiger partial charge in [0.25, 0.3) is 0 Å². The second-order valence-corrected chi connectivity index (χ2v) is 22.1. The Labute approximate surface area is 496 Å². The van der Waals surface area contributed by atoms with Gasteiger partial charge in [-0.25, -0.2) is 0 Å². The Hall–Kier alpha value is -3.96. The molecule has 0 saturated carbocycles. The van der Waals surface area contributed by atoms with Gasteiger partial charge in [-0.15, -0.1) is 0 Å². The van der Waals surface area contributed by atoms with E-state index in [0.29, 0.717) is 12.8 Å². The summed E-state index contributed by atoms with van der Waals surface area (Å²) in [5.74, 6) is -0.592. The molecule has 80 heavy (non-hydrogen) atoms. The van der Waals surface area contributed by atoms with Gasteiger partial charge in [-0.05, 0) is 109 Å². The minimum absolute atomic E-state index is 0.0722. The lowest BCUT2D eigenvalue weighted by molar-refractivity contribution is -0.161. The molecule has 1 atom stereocenters. The lowest BCUT2D eigenvalue weighted by atomic mass is 10.0. The van der Waals surface area contributed by atoms with Crippen molar-refractivity contribution < 1.29 is 24.2 Å². The average molecular weight is 1110 g/mol. The first-order chi connectivity index (χ1) is 39.6. The van der Waals surface area contributed by atoms with Gasteiger partial charge in [-0.3, -0.25) is 9.59 Å². The van der Waals surface area contributed by atoms with E-state index in [1.54, 1.807) is 0 Å². The van der Waals surface area contributed by atoms with Crippen LogP contribution < -0.4 is 0 Å². The maximum atomic E-state index is 12.4. The number of ether oxygens (including phenoxy) is 2. The first-order valence-corrected chi connectivity index (χ1v) is 33.7. The highest BCUT2D eigenvalue weighted by Crippen LogP contribution is 2.17. The number of rotatable bonds is 61. The molecule has 456 valence electrons. The second-order valence-electron chi connectivity index (χ2n) is 22.1. The molecule has 0 radical (unpaired) electrons. The van der Waals surface area contributed by atoms with Gasteiger partial charge in [-0.2, -0.15) is 0 Å². The molecule has 1 unspecified atom stereocenters. The quantitative estimate of drug-likeness (QED) is 0.0373. The summed E-state index contributed by atoms with van der Waals surface area (Å²) in [6, 6.07) is 0. The number of aliphatic hydroxyl groups is 1. The first-order valence-electron chi connectivity index (χ1n) is 33.7. The molecule has 0 saturated heterocycles. The molecule has 0 aromatic heterocycles. The van der Waals surface area contributed by atoms with Crippen LogP contribution in [0.3, 0.4) is 0 Å². The summed E-state index contributed by atoms with van der Waals surface area (Å²) in [5.41, 5.74) is 0. The van der Waals surface area contributed by atoms with E-state index in [1.165, 1.54) is 173 Å². The van der Waals surface area contributed by atoms with Crippen molar-refractivity contribution >= 4 is 11.9 Å². The molecule has 0 aromatic carbocycles. The van der Waals surface area contributed by atoms with Crippen molar-refractivity contribution in [3.63, 3.8) is 0 Å². The summed E-state index contributed by atoms with van der Waals surface area (Å²) in [5, 5.41) is 9.69. The number of hydrogen-bond donors (Lipinski definition) is 1. The molecule has 0 aliphatic carbocycles. The van der Waals surface area contributed by atoms with Gasteiger partial charge >= 0.3 is 11.9 Å². The summed E-state index contributed by atoms with van der Waals surface area (Å²) >= 11 is 0. The van der Waals surface area contributed by atoms with Crippen LogP contribution in [0.25, 0.3) is 0 Å². The molecule has 0 spiro atoms. The monoisotopic (exact) mass is 1110 g/mol. The third-order valence-corrected chi connectivity index (χ3v) is 14.4. The molecule has 0 aromatic rings. The number of aliphatic hydroxyl groups excluding tert-OH is 1. The SMILES string of the molecule is CC/C=C\C/C=C\C/C=C\C/C=C\C/C=C\C/C=C\CCCCCCCCCCCCCCCCCCCCCCCCC(=O)OC(CO)COC(=O)CCCCCCCCCCC/C=C\C/C=C\C/C=C\C/C=C\C/C=C\CC. The molecule has 1 N–H and O–H groups in total. The van der Waals surface area contributed by atoms with Gasteiger partial charge in [-0.1, -0.05) is 321 Å². The van der Waals surface area contributed by atoms with Gasteiger partial charge in [0, 0.05) is 12.8 Å². The van der Waals surface area contributed by atoms with Crippen LogP contribution in [0.4, 0.5) is 0 Å². The minimum atomic E-state index is -0.782. The zero-order valence-electron chi connectivity index (χ0n) is 52.3. The lowest BCUT2D eigenvalue weighted by Crippen LogP contribution is -2.28. The maximum absolute atomic E-state index is 12.4. The summed E-state index contributed by atoms with van der Waals surface area (Å²) in [7, 11) is 0. The van der Waals surface area contributed by atoms with Gasteiger partial charge in [0.05, 0.1) is 6.61 Å². The summed E-state index contributed by atoms with van der Waals surface area (Å²) in [6.45, 7) is 3.93. The van der Waals surface area contributed by atoms with E-state index in [9.17, 15) is 14.7 Å². The average Bonchev–Trinajstić information content (AvgIpc) is 3.46. The van der Waals surface area contributed by atoms with Crippen molar-refractivity contribution in [2.24, 2.45) is 0 Å². The van der Waals surface area contributed by atoms with E-state index in [1.807, 2.05) is 0 Å². The van der Waals surface area contributed by atoms with Gasteiger partial charge < -0.3 is 14.6 Å². The van der Waals surface area contributed by atoms with Crippen LogP contribution in [-0.2, 0) is 19.1 Å². The molecular formula is C75H126O5. The fraction of sp³-hybridized carbons (Fsp3) is 0.680. The number of carbonyl (C=O) groups is 2. The van der Waals surface area contributed by atoms with Crippen molar-refractivity contribution in [3.05, 3.63) is 134 Å². The Kier molecular flexibility index (Phi) is 65.9. The summed E-state index contributed by atoms with van der Waals surface area (Å²) in [6.07, 6.45) is 103. The van der Waals surface area contributed by atoms with Crippen LogP contribution in [0.15, 0.2) is 134 Å². The van der Waals surface area contributed by atoms with Crippen LogP contribution in [-0.4, -0.2) is 36.4 Å². The van der Waals surface area contributed by atoms with Crippen molar-refractivity contribution in [2.45, 2.75) is 315 Å². The van der Waals surface area contributed by atoms with E-state index < -0.39 is 6.10 Å². The fourth-order valence-corrected chi connectivity index (χ4v) is 9.47. The van der Waals surface area contributed by atoms with E-state index in [4.69, 9.17) is 9.47 Å². The van der Waals surface area contributed by atoms with E-state index in [-0.39, 0.29) is 25.2 Å². The molecular weight excluding hydrogens is 981 g/mol. The topological polar surface area (TPSA) is 72.8 Å². The Bertz CT molecular complexity index is 1630. The largest absolute Gasteiger partial charge is 0.462 e. The molecule has 0 fully saturated rings. The van der Waals surface area contributed by atoms with Crippen LogP contribution >= 0.6 is 0 Å². The highest BCUT2D eigenvalue weighted by Gasteiger charge is 2.16. The number of hydrogen-bond acceptors (Lipinski definition) is 5. The van der Waals surface area contributed by atoms with Gasteiger partial charge in [0.1, 0.15) is 6.61 Å². The maximum Gasteiger partial charge on any atom is 0.306 e. The Morgan fingerprint density at radius 1 is 0.287 bits per heavy atom. The molecule has 0 amide bonds. The zero-order valence-corrected chi connectivity index (χ0v) is 52.3. The Balaban J connectivity index is 3.46. The summed E-state index contributed by atoms with van der Waals surface area (Å²) < 4.78 is 10.7. The number of esters is 2. The predicted molar refractivity (Wildman–Crippen MR) is 352 cm³/mol. The van der Waals surface area contributed by atoms with E-state index >= 15 is 0 Å². The number of carbonyl (C=O) groups excluding carboxylic acids is 2. The van der Waals surface area contributed by atoms with E-state index in [0.717, 1.165) is 109 Å². The Morgan fingerprint density at radius 3 is 0.750 bits per heavy atom. The number of unbranched alkanes of at least 4 members (excludes halogenated alkanes) is 31. The van der Waals surface area contributed by atoms with Crippen molar-refractivity contribution in [3.8, 4) is 0 Å². The Morgan fingerprint density at radius 2 is 0.500 bits per heavy atom. The van der Waals surface area contributed by atoms with Crippen LogP contribution in [0.5, 0.6) is 0 Å². The smallest absolute Gasteiger partial charge is 0.306 e. The highest BCUT2D eigenvalue weighted by atomic mass is 16.6. The number of allylic oxidation sites excluding steroid dienone is 22. The third kappa shape index (κ3) is 66.6. The van der Waals surface area contributed by atoms with Crippen molar-refractivity contribution in [1.29, 1.82) is 0 Å². The molecule has 0 bridgehead atoms. The van der Waals surface area contributed by atoms with Gasteiger partial charge in [0.2, 0.25) is 0 Å². The van der Waals surface area contributed by atoms with Crippen LogP contribution in [0.2, 0.25) is 0 Å². The normalized spacial score (nSPS) is 13.1. The fourth-order valence-electron chi connectivity index (χ4n) is 9.47. The third-order valence-electron chi connectivity index (χ3n) is 14.4. The second kappa shape index (κ2) is 69.3. The standard InChI is InChI=1S/C75H126O5/c1-3-5-7-9-11-13-15-17-19-21-23-25-27-29-30-31-32-33-34-35-36-37-38-39-40-41-42-43-44-46-48-50-52-54-56-58-60-62-64-66-68-70-75(78)80-73(71-76)72-79-74(77)69-67-65-63-61-59-57-55-53-51-49-47-45-28-26-24-22-20-18-16-14-12-10-8-6-4-2/h5-8,11-14,17-20,23-26,29-30,32-33,45,47,73,76H,3-4,9-10,15-16,21-22,27-28,31,34-44,46,48-72H2,1-2H3/b7-5-,8-6-,13-11-,14-12-,19-17-,20-18-,25-23-,26-24-,30-29-,33-32-,47-45-. The van der Waals surface area contributed by atoms with Gasteiger partial charge in [0.15, 0.2) is 6.10 Å². The van der Waals surface area contributed by atoms with E-state index in [2.05, 4.69) is 148 Å². The molecule has 5 heteroatoms. The molecule has 0 aliphatic rings. The van der Waals surface area contributed by atoms with Crippen LogP contribution in [0.1, 0.15) is 309 Å². The van der Waals surface area contributed by atoms with Crippen LogP contribution in [0, 0.1) is 0 Å². The molecule has 0 heterocycles. The predicted octanol–water partition coefficient (Wildman–Crippen LogP) is 23.5. The molecule has 5 nitrogen and oxygen atoms in total. The molecule has 0 aliphatic heterocycles. The van der Waals surface area contributed by atoms with Crippen molar-refractivity contribution in [2.75, 3.05) is 13.2 Å². The first kappa shape index (κ1) is 76.0. The van der Waals surface area contributed by atoms with Crippen molar-refractivity contribution in [1.82, 2.24) is 0 Å². The summed E-state index contributed by atoms with van der Waals surface area (Å²) in [4.78, 5) is 24.6. The minimum Gasteiger partial charge on any atom is -0.462 e. The highest BCUT2D eigenvalue weighted by molar-refractivity contribution is 5.70. The molecule has 0 rings (SSSR count). The zero-order chi connectivity index (χ0) is 57.6.